The van der Waals surface area contributed by atoms with Gasteiger partial charge in [-0.05, 0) is 118 Å². The molecule has 24 nitrogen and oxygen atoms in total. The molecule has 7 aromatic carbocycles. The van der Waals surface area contributed by atoms with Crippen LogP contribution in [-0.2, 0) is 32.2 Å². The van der Waals surface area contributed by atoms with E-state index in [1.54, 1.807) is 36.4 Å². The number of imidazole rings is 2. The minimum atomic E-state index is -0.531. The SMILES string of the molecule is CC(=O)c1cccc([N+](=O)[O-])c1Br.CNC.C[C@H](N)CN.C[C@H]1CNc2c(cccc2[N+](=O)[O-])C(=O)N1.C[C@H]1Cn2c(-c3ccc(CCl)cc3)nc3cccc(c32)C(=O)N1.C[C@H]1Cn2c(-c3ccc(CO)cc3)nc3cccc(c32)C(=O)N1.Cl.Cl.O=Cc1ccc(CO)cc1. The van der Waals surface area contributed by atoms with Crippen molar-refractivity contribution in [1.29, 1.82) is 0 Å². The van der Waals surface area contributed by atoms with Crippen molar-refractivity contribution in [3.8, 4) is 22.8 Å². The number of halogens is 4. The normalized spacial score (nSPS) is 14.8. The molecule has 0 unspecified atom stereocenters. The average molecular weight is 1430 g/mol. The van der Waals surface area contributed by atoms with E-state index in [0.29, 0.717) is 65.6 Å². The van der Waals surface area contributed by atoms with Gasteiger partial charge in [0.2, 0.25) is 0 Å². The molecule has 12 rings (SSSR count). The second-order valence-electron chi connectivity index (χ2n) is 21.8. The van der Waals surface area contributed by atoms with Gasteiger partial charge in [-0.3, -0.25) is 44.2 Å². The number of amides is 3. The number of nitrogens with one attached hydrogen (secondary N) is 5. The van der Waals surface area contributed by atoms with E-state index in [-0.39, 0.29) is 102 Å². The molecule has 0 bridgehead atoms. The number of benzene rings is 7. The highest BCUT2D eigenvalue weighted by Gasteiger charge is 2.28. The maximum Gasteiger partial charge on any atom is 0.293 e. The molecule has 9 aromatic rings. The quantitative estimate of drug-likeness (QED) is 0.0202. The Balaban J connectivity index is 0.000000251. The number of nitrogens with zero attached hydrogens (tertiary/aromatic N) is 6. The molecule has 3 aliphatic heterocycles. The maximum atomic E-state index is 12.4. The highest BCUT2D eigenvalue weighted by atomic mass is 79.9. The Labute approximate surface area is 574 Å². The minimum Gasteiger partial charge on any atom is -0.392 e. The van der Waals surface area contributed by atoms with Crippen LogP contribution in [0.25, 0.3) is 44.8 Å². The molecule has 95 heavy (non-hydrogen) atoms. The fourth-order valence-electron chi connectivity index (χ4n) is 9.59. The van der Waals surface area contributed by atoms with Crippen molar-refractivity contribution in [2.75, 3.05) is 32.5 Å². The van der Waals surface area contributed by atoms with Gasteiger partial charge in [-0.1, -0.05) is 97.1 Å². The van der Waals surface area contributed by atoms with Gasteiger partial charge >= 0.3 is 0 Å². The third-order valence-electron chi connectivity index (χ3n) is 14.1. The van der Waals surface area contributed by atoms with Crippen LogP contribution in [0.4, 0.5) is 17.1 Å². The van der Waals surface area contributed by atoms with Crippen LogP contribution in [0, 0.1) is 20.2 Å². The van der Waals surface area contributed by atoms with E-state index < -0.39 is 9.85 Å². The molecule has 0 saturated heterocycles. The minimum absolute atomic E-state index is 0. The van der Waals surface area contributed by atoms with Crippen LogP contribution in [0.15, 0.2) is 150 Å². The van der Waals surface area contributed by atoms with Gasteiger partial charge in [-0.15, -0.1) is 36.4 Å². The zero-order valence-electron chi connectivity index (χ0n) is 53.2. The molecule has 28 heteroatoms. The number of carbonyl (C=O) groups is 5. The smallest absolute Gasteiger partial charge is 0.293 e. The molecule has 0 radical (unpaired) electrons. The summed E-state index contributed by atoms with van der Waals surface area (Å²) in [4.78, 5) is 87.3. The van der Waals surface area contributed by atoms with E-state index in [0.717, 1.165) is 67.8 Å². The number of anilines is 1. The van der Waals surface area contributed by atoms with E-state index in [4.69, 9.17) is 38.1 Å². The molecule has 0 fully saturated rings. The number of carbonyl (C=O) groups excluding carboxylic acids is 5. The second-order valence-corrected chi connectivity index (χ2v) is 22.8. The van der Waals surface area contributed by atoms with Crippen LogP contribution in [-0.4, -0.2) is 120 Å². The number of aliphatic hydroxyl groups excluding tert-OH is 2. The Kier molecular flexibility index (Phi) is 31.2. The predicted octanol–water partition coefficient (Wildman–Crippen LogP) is 10.6. The number of Topliss-reactive ketones (excluding diaryl/α,β-unsaturated/α-hetero) is 1. The number of hydrogen-bond acceptors (Lipinski definition) is 17. The number of aldehydes is 1. The second kappa shape index (κ2) is 37.8. The van der Waals surface area contributed by atoms with Crippen LogP contribution in [0.2, 0.25) is 0 Å². The first-order valence-electron chi connectivity index (χ1n) is 29.4. The number of nitro benzene ring substituents is 2. The molecule has 3 amide bonds. The molecule has 5 heterocycles. The van der Waals surface area contributed by atoms with Gasteiger partial charge in [0.05, 0.1) is 61.8 Å². The number of nitrogens with two attached hydrogens (primary N) is 2. The van der Waals surface area contributed by atoms with Gasteiger partial charge in [0.25, 0.3) is 29.1 Å². The summed E-state index contributed by atoms with van der Waals surface area (Å²) in [5.41, 5.74) is 21.2. The highest BCUT2D eigenvalue weighted by molar-refractivity contribution is 9.10. The fourth-order valence-corrected chi connectivity index (χ4v) is 10.5. The number of aliphatic hydroxyl groups is 2. The summed E-state index contributed by atoms with van der Waals surface area (Å²) >= 11 is 8.89. The summed E-state index contributed by atoms with van der Waals surface area (Å²) in [6, 6.07) is 43.0. The number of fused-ring (bicyclic) bond motifs is 1. The highest BCUT2D eigenvalue weighted by Crippen LogP contribution is 2.33. The Morgan fingerprint density at radius 1 is 0.674 bits per heavy atom. The Hall–Kier alpha value is -9.02. The Morgan fingerprint density at radius 3 is 1.47 bits per heavy atom. The maximum absolute atomic E-state index is 12.4. The van der Waals surface area contributed by atoms with Gasteiger partial charge in [0.1, 0.15) is 28.1 Å². The van der Waals surface area contributed by atoms with Crippen molar-refractivity contribution >= 4 is 121 Å². The van der Waals surface area contributed by atoms with E-state index in [2.05, 4.69) is 51.6 Å². The van der Waals surface area contributed by atoms with Gasteiger partial charge in [-0.25, -0.2) is 9.97 Å². The zero-order valence-corrected chi connectivity index (χ0v) is 57.1. The summed E-state index contributed by atoms with van der Waals surface area (Å²) in [6.45, 7) is 11.6. The third-order valence-corrected chi connectivity index (χ3v) is 15.3. The molecule has 0 saturated carbocycles. The predicted molar refractivity (Wildman–Crippen MR) is 379 cm³/mol. The fraction of sp³-hybridized carbons (Fsp3) is 0.269. The Bertz CT molecular complexity index is 3920. The van der Waals surface area contributed by atoms with Crippen molar-refractivity contribution in [2.24, 2.45) is 11.5 Å². The summed E-state index contributed by atoms with van der Waals surface area (Å²) in [5, 5.41) is 53.5. The van der Waals surface area contributed by atoms with Crippen LogP contribution >= 0.6 is 52.3 Å². The first kappa shape index (κ1) is 78.4. The van der Waals surface area contributed by atoms with Crippen LogP contribution in [0.5, 0.6) is 0 Å². The lowest BCUT2D eigenvalue weighted by molar-refractivity contribution is -0.385. The lowest BCUT2D eigenvalue weighted by Gasteiger charge is -2.13. The summed E-state index contributed by atoms with van der Waals surface area (Å²) in [7, 11) is 3.75. The molecule has 4 atom stereocenters. The summed E-state index contributed by atoms with van der Waals surface area (Å²) < 4.78 is 4.50. The molecule has 2 aromatic heterocycles. The lowest BCUT2D eigenvalue weighted by Crippen LogP contribution is -2.34. The molecular formula is C67H77BrCl3N13O11. The van der Waals surface area contributed by atoms with Crippen LogP contribution in [0.1, 0.15) is 103 Å². The van der Waals surface area contributed by atoms with Gasteiger partial charge < -0.3 is 57.4 Å². The van der Waals surface area contributed by atoms with Crippen molar-refractivity contribution in [3.63, 3.8) is 0 Å². The molecule has 11 N–H and O–H groups in total. The number of para-hydroxylation sites is 3. The number of ketones is 1. The molecular weight excluding hydrogens is 1350 g/mol. The van der Waals surface area contributed by atoms with Crippen LogP contribution in [0.3, 0.4) is 0 Å². The third kappa shape index (κ3) is 20.7. The zero-order chi connectivity index (χ0) is 68.1. The van der Waals surface area contributed by atoms with Gasteiger partial charge in [0.15, 0.2) is 5.78 Å². The van der Waals surface area contributed by atoms with Gasteiger partial charge in [0, 0.05) is 90.6 Å². The largest absolute Gasteiger partial charge is 0.392 e. The molecule has 3 aliphatic rings. The first-order chi connectivity index (χ1) is 44.5. The van der Waals surface area contributed by atoms with E-state index in [1.165, 1.54) is 31.2 Å². The number of aromatic nitrogens is 4. The monoisotopic (exact) mass is 1420 g/mol. The average Bonchev–Trinajstić information content (AvgIpc) is 1.63. The standard InChI is InChI=1S/C18H16ClN3O.C18H17N3O2.C10H11N3O3.C8H6BrNO3.C8H8O2.C3H10N2.C2H7N.2ClH/c1-11-10-22-16-14(18(23)20-11)3-2-4-15(16)21-17(22)13-7-5-12(9-19)6-8-13;1-11-9-21-16-14(18(23)19-11)3-2-4-15(16)20-17(21)13-7-5-12(10-22)6-8-13;1-6-5-11-9-7(10(14)12-6)3-2-4-8(9)13(15)16;1-5(11)6-3-2-4-7(8(6)9)10(12)13;9-5-7-1-2-8(6-10)4-3-7;1-3(5)2-4;1-3-2;;/h2-8,11H,9-10H2,1H3,(H,20,23);2-8,11,22H,9-10H2,1H3,(H,19,23);2-4,6,11H,5H2,1H3,(H,12,14);2-4H,1H3;1-5,10H,6H2;3H,2,4-5H2,1H3;3H,1-2H3;2*1H/t2*11-;6-;;;3-;;;/m000..0.../s1. The topological polar surface area (TPSA) is 360 Å². The first-order valence-corrected chi connectivity index (χ1v) is 30.8. The van der Waals surface area contributed by atoms with Crippen molar-refractivity contribution in [3.05, 3.63) is 215 Å². The number of rotatable bonds is 10. The Morgan fingerprint density at radius 2 is 1.06 bits per heavy atom. The number of alkyl halides is 1. The lowest BCUT2D eigenvalue weighted by atomic mass is 10.1. The summed E-state index contributed by atoms with van der Waals surface area (Å²) in [5.74, 6) is 1.66. The van der Waals surface area contributed by atoms with Crippen molar-refractivity contribution in [2.45, 2.75) is 91.0 Å². The molecule has 0 aliphatic carbocycles. The van der Waals surface area contributed by atoms with Crippen LogP contribution < -0.4 is 38.1 Å². The van der Waals surface area contributed by atoms with E-state index in [1.807, 2.05) is 127 Å². The number of nitro groups is 2. The molecule has 504 valence electrons. The van der Waals surface area contributed by atoms with Crippen molar-refractivity contribution < 1.29 is 44.0 Å². The molecule has 0 spiro atoms. The van der Waals surface area contributed by atoms with Crippen molar-refractivity contribution in [1.82, 2.24) is 40.4 Å². The number of hydrogen-bond donors (Lipinski definition) is 9. The summed E-state index contributed by atoms with van der Waals surface area (Å²) in [6.07, 6.45) is 0.779. The van der Waals surface area contributed by atoms with E-state index >= 15 is 0 Å². The van der Waals surface area contributed by atoms with Gasteiger partial charge in [-0.2, -0.15) is 0 Å². The van der Waals surface area contributed by atoms with E-state index in [9.17, 15) is 49.3 Å².